The molecule has 0 N–H and O–H groups in total. The van der Waals surface area contributed by atoms with Gasteiger partial charge in [0, 0.05) is 0 Å². The van der Waals surface area contributed by atoms with Crippen LogP contribution in [-0.4, -0.2) is 9.52 Å². The Hall–Kier alpha value is -0.863. The van der Waals surface area contributed by atoms with E-state index in [9.17, 15) is 0 Å². The van der Waals surface area contributed by atoms with Gasteiger partial charge < -0.3 is 0 Å². The molecule has 1 aromatic heterocycles. The molecular weight excluding hydrogens is 180 g/mol. The van der Waals surface area contributed by atoms with Gasteiger partial charge >= 0.3 is 0 Å². The van der Waals surface area contributed by atoms with Gasteiger partial charge in [0.25, 0.3) is 0 Å². The highest BCUT2D eigenvalue weighted by Gasteiger charge is 1.95. The van der Waals surface area contributed by atoms with Crippen LogP contribution in [-0.2, 0) is 0 Å². The summed E-state index contributed by atoms with van der Waals surface area (Å²) in [6, 6.07) is 13.0. The zero-order chi connectivity index (χ0) is 8.23. The van der Waals surface area contributed by atoms with Gasteiger partial charge in [0.2, 0.25) is 0 Å². The molecule has 2 aromatic rings. The number of thiophene rings is 1. The molecule has 0 aliphatic heterocycles. The van der Waals surface area contributed by atoms with E-state index >= 15 is 0 Å². The Labute approximate surface area is 78.7 Å². The summed E-state index contributed by atoms with van der Waals surface area (Å²) >= 11 is 1.79. The Kier molecular flexibility index (Phi) is 2.39. The van der Waals surface area contributed by atoms with Crippen molar-refractivity contribution >= 4 is 31.2 Å². The predicted molar refractivity (Wildman–Crippen MR) is 58.6 cm³/mol. The fourth-order valence-electron chi connectivity index (χ4n) is 1.22. The highest BCUT2D eigenvalue weighted by atomic mass is 32.1. The number of hydrogen-bond donors (Lipinski definition) is 0. The topological polar surface area (TPSA) is 0 Å². The van der Waals surface area contributed by atoms with Gasteiger partial charge in [-0.15, -0.1) is 0 Å². The Morgan fingerprint density at radius 3 is 2.42 bits per heavy atom. The number of benzene rings is 1. The first-order chi connectivity index (χ1) is 5.95. The molecule has 0 saturated carbocycles. The minimum Gasteiger partial charge on any atom is -0.153 e. The zero-order valence-corrected chi connectivity index (χ0v) is 8.96. The second kappa shape index (κ2) is 3.69. The Morgan fingerprint density at radius 1 is 0.917 bits per heavy atom. The average molecular weight is 190 g/mol. The molecule has 12 heavy (non-hydrogen) atoms. The van der Waals surface area contributed by atoms with Gasteiger partial charge in [0.15, 0.2) is 0 Å². The first kappa shape index (κ1) is 7.77. The van der Waals surface area contributed by atoms with Gasteiger partial charge in [0.05, 0.1) is 9.52 Å². The van der Waals surface area contributed by atoms with Crippen LogP contribution in [0, 0.1) is 0 Å². The normalized spacial score (nSPS) is 11.0. The molecule has 0 nitrogen and oxygen atoms in total. The van der Waals surface area contributed by atoms with Crippen molar-refractivity contribution in [3.8, 4) is 0 Å². The SMILES string of the molecule is c1ccc([SiH2]c2ccsc2)cc1. The molecular formula is C10H10SSi. The summed E-state index contributed by atoms with van der Waals surface area (Å²) in [7, 11) is -0.181. The van der Waals surface area contributed by atoms with Gasteiger partial charge in [-0.2, -0.15) is 11.3 Å². The highest BCUT2D eigenvalue weighted by molar-refractivity contribution is 7.09. The fourth-order valence-corrected chi connectivity index (χ4v) is 3.82. The Bertz CT molecular complexity index is 326. The lowest BCUT2D eigenvalue weighted by molar-refractivity contribution is 1.77. The lowest BCUT2D eigenvalue weighted by atomic mass is 10.4. The summed E-state index contributed by atoms with van der Waals surface area (Å²) in [6.45, 7) is 0. The molecule has 0 bridgehead atoms. The molecule has 1 aromatic carbocycles. The van der Waals surface area contributed by atoms with Crippen molar-refractivity contribution < 1.29 is 0 Å². The van der Waals surface area contributed by atoms with Crippen molar-refractivity contribution in [2.75, 3.05) is 0 Å². The van der Waals surface area contributed by atoms with E-state index < -0.39 is 0 Å². The second-order valence-electron chi connectivity index (χ2n) is 2.79. The molecule has 0 aliphatic carbocycles. The van der Waals surface area contributed by atoms with E-state index in [1.165, 1.54) is 5.19 Å². The zero-order valence-electron chi connectivity index (χ0n) is 6.73. The molecule has 1 heterocycles. The van der Waals surface area contributed by atoms with Crippen LogP contribution < -0.4 is 10.4 Å². The molecule has 2 rings (SSSR count). The van der Waals surface area contributed by atoms with E-state index in [2.05, 4.69) is 47.2 Å². The number of rotatable bonds is 2. The van der Waals surface area contributed by atoms with Crippen LogP contribution in [0.3, 0.4) is 0 Å². The molecule has 60 valence electrons. The molecule has 0 unspecified atom stereocenters. The summed E-state index contributed by atoms with van der Waals surface area (Å²) in [5.41, 5.74) is 0. The largest absolute Gasteiger partial charge is 0.153 e. The summed E-state index contributed by atoms with van der Waals surface area (Å²) in [4.78, 5) is 0. The Morgan fingerprint density at radius 2 is 1.75 bits per heavy atom. The van der Waals surface area contributed by atoms with Crippen molar-refractivity contribution in [3.05, 3.63) is 47.2 Å². The van der Waals surface area contributed by atoms with Crippen LogP contribution in [0.15, 0.2) is 47.2 Å². The van der Waals surface area contributed by atoms with Gasteiger partial charge in [-0.25, -0.2) is 0 Å². The van der Waals surface area contributed by atoms with Crippen molar-refractivity contribution in [1.82, 2.24) is 0 Å². The molecule has 0 amide bonds. The van der Waals surface area contributed by atoms with E-state index in [0.717, 1.165) is 0 Å². The monoisotopic (exact) mass is 190 g/mol. The third-order valence-corrected chi connectivity index (χ3v) is 4.59. The van der Waals surface area contributed by atoms with Gasteiger partial charge in [-0.1, -0.05) is 46.8 Å². The maximum absolute atomic E-state index is 2.26. The first-order valence-corrected chi connectivity index (χ1v) is 6.36. The molecule has 0 spiro atoms. The third-order valence-electron chi connectivity index (χ3n) is 1.83. The van der Waals surface area contributed by atoms with E-state index in [-0.39, 0.29) is 9.52 Å². The van der Waals surface area contributed by atoms with Crippen molar-refractivity contribution in [2.45, 2.75) is 0 Å². The molecule has 0 aliphatic rings. The fraction of sp³-hybridized carbons (Fsp3) is 0. The van der Waals surface area contributed by atoms with Gasteiger partial charge in [-0.3, -0.25) is 0 Å². The van der Waals surface area contributed by atoms with Crippen LogP contribution in [0.25, 0.3) is 0 Å². The minimum absolute atomic E-state index is 0.181. The molecule has 0 radical (unpaired) electrons. The standard InChI is InChI=1S/C10H10SSi/c1-2-4-9(5-3-1)12-10-6-7-11-8-10/h1-8H,12H2. The lowest BCUT2D eigenvalue weighted by Crippen LogP contribution is -2.24. The van der Waals surface area contributed by atoms with E-state index in [0.29, 0.717) is 0 Å². The lowest BCUT2D eigenvalue weighted by Gasteiger charge is -1.95. The quantitative estimate of drug-likeness (QED) is 0.616. The van der Waals surface area contributed by atoms with Crippen molar-refractivity contribution in [3.63, 3.8) is 0 Å². The van der Waals surface area contributed by atoms with E-state index in [1.807, 2.05) is 0 Å². The van der Waals surface area contributed by atoms with Gasteiger partial charge in [0.1, 0.15) is 0 Å². The summed E-state index contributed by atoms with van der Waals surface area (Å²) in [6.07, 6.45) is 0. The van der Waals surface area contributed by atoms with Crippen LogP contribution in [0.1, 0.15) is 0 Å². The molecule has 2 heteroatoms. The van der Waals surface area contributed by atoms with Crippen molar-refractivity contribution in [2.24, 2.45) is 0 Å². The predicted octanol–water partition coefficient (Wildman–Crippen LogP) is 0.868. The maximum atomic E-state index is 2.26. The van der Waals surface area contributed by atoms with Crippen LogP contribution in [0.4, 0.5) is 0 Å². The second-order valence-corrected chi connectivity index (χ2v) is 5.56. The first-order valence-electron chi connectivity index (χ1n) is 4.00. The highest BCUT2D eigenvalue weighted by Crippen LogP contribution is 1.91. The molecule has 0 saturated heterocycles. The molecule has 0 fully saturated rings. The Balaban J connectivity index is 2.15. The van der Waals surface area contributed by atoms with Gasteiger partial charge in [-0.05, 0) is 10.8 Å². The average Bonchev–Trinajstić information content (AvgIpc) is 2.59. The van der Waals surface area contributed by atoms with Crippen molar-refractivity contribution in [1.29, 1.82) is 0 Å². The van der Waals surface area contributed by atoms with Crippen LogP contribution in [0.5, 0.6) is 0 Å². The van der Waals surface area contributed by atoms with Crippen LogP contribution >= 0.6 is 11.3 Å². The maximum Gasteiger partial charge on any atom is 0.0885 e. The number of hydrogen-bond acceptors (Lipinski definition) is 1. The molecule has 0 atom stereocenters. The third kappa shape index (κ3) is 1.84. The van der Waals surface area contributed by atoms with E-state index in [4.69, 9.17) is 0 Å². The van der Waals surface area contributed by atoms with E-state index in [1.54, 1.807) is 16.5 Å². The smallest absolute Gasteiger partial charge is 0.0885 e. The summed E-state index contributed by atoms with van der Waals surface area (Å²) in [5, 5.41) is 7.49. The summed E-state index contributed by atoms with van der Waals surface area (Å²) < 4.78 is 0. The minimum atomic E-state index is -0.181. The summed E-state index contributed by atoms with van der Waals surface area (Å²) in [5.74, 6) is 0. The van der Waals surface area contributed by atoms with Crippen LogP contribution in [0.2, 0.25) is 0 Å².